The Morgan fingerprint density at radius 3 is 2.39 bits per heavy atom. The number of benzene rings is 2. The molecule has 1 aliphatic heterocycles. The number of nitrogens with zero attached hydrogens (tertiary/aromatic N) is 3. The summed E-state index contributed by atoms with van der Waals surface area (Å²) >= 11 is 5.37. The molecule has 0 spiro atoms. The van der Waals surface area contributed by atoms with Gasteiger partial charge < -0.3 is 15.3 Å². The van der Waals surface area contributed by atoms with Gasteiger partial charge in [-0.15, -0.1) is 0 Å². The van der Waals surface area contributed by atoms with Gasteiger partial charge in [0.25, 0.3) is 11.8 Å². The average Bonchev–Trinajstić information content (AvgIpc) is 2.90. The highest BCUT2D eigenvalue weighted by Crippen LogP contribution is 2.39. The number of rotatable bonds is 4. The number of nitrogens with one attached hydrogen (secondary N) is 1. The third-order valence-corrected chi connectivity index (χ3v) is 5.42. The molecule has 0 saturated carbocycles. The van der Waals surface area contributed by atoms with E-state index in [0.717, 1.165) is 23.1 Å². The van der Waals surface area contributed by atoms with Gasteiger partial charge in [-0.05, 0) is 62.5 Å². The first-order valence-electron chi connectivity index (χ1n) is 9.33. The van der Waals surface area contributed by atoms with Gasteiger partial charge in [-0.1, -0.05) is 0 Å². The Kier molecular flexibility index (Phi) is 6.14. The van der Waals surface area contributed by atoms with Gasteiger partial charge in [-0.3, -0.25) is 14.5 Å². The van der Waals surface area contributed by atoms with Crippen LogP contribution in [-0.4, -0.2) is 34.3 Å². The molecule has 0 unspecified atom stereocenters. The van der Waals surface area contributed by atoms with Crippen molar-refractivity contribution in [2.75, 3.05) is 16.5 Å². The maximum Gasteiger partial charge on any atom is 0.417 e. The topological polar surface area (TPSA) is 96.7 Å². The van der Waals surface area contributed by atoms with E-state index >= 15 is 0 Å². The molecule has 2 amide bonds. The molecule has 0 aliphatic carbocycles. The first-order chi connectivity index (χ1) is 15.3. The van der Waals surface area contributed by atoms with E-state index in [-0.39, 0.29) is 22.1 Å². The molecular formula is C21H16F4N4O3S. The molecule has 12 heteroatoms. The van der Waals surface area contributed by atoms with E-state index in [1.807, 2.05) is 5.32 Å². The fraction of sp³-hybridized carbons (Fsp3) is 0.238. The van der Waals surface area contributed by atoms with Crippen LogP contribution in [0.1, 0.15) is 35.3 Å². The van der Waals surface area contributed by atoms with Gasteiger partial charge in [0.15, 0.2) is 5.11 Å². The molecule has 1 saturated heterocycles. The first-order valence-corrected chi connectivity index (χ1v) is 9.74. The van der Waals surface area contributed by atoms with Crippen molar-refractivity contribution in [3.8, 4) is 6.07 Å². The Bertz CT molecular complexity index is 1210. The maximum absolute atomic E-state index is 14.6. The van der Waals surface area contributed by atoms with Crippen molar-refractivity contribution < 1.29 is 32.3 Å². The number of halogens is 4. The van der Waals surface area contributed by atoms with Crippen molar-refractivity contribution in [1.29, 1.82) is 5.26 Å². The van der Waals surface area contributed by atoms with Gasteiger partial charge in [0, 0.05) is 5.69 Å². The normalized spacial score (nSPS) is 15.6. The standard InChI is InChI=1S/C21H16F4N4O3S/c1-20(2)18(32)28(12-4-3-11(9-26)15(7-12)21(23,24)25)19(33)29(20)13-5-6-14(16(22)8-13)17(31)27-10-30/h3-8,30H,10H2,1-2H3,(H,27,31). The zero-order valence-electron chi connectivity index (χ0n) is 17.2. The van der Waals surface area contributed by atoms with E-state index < -0.39 is 47.2 Å². The third kappa shape index (κ3) is 4.12. The zero-order valence-corrected chi connectivity index (χ0v) is 18.0. The number of anilines is 2. The molecule has 0 radical (unpaired) electrons. The molecule has 0 atom stereocenters. The number of hydrogen-bond donors (Lipinski definition) is 2. The molecule has 3 rings (SSSR count). The largest absolute Gasteiger partial charge is 0.417 e. The Morgan fingerprint density at radius 1 is 1.21 bits per heavy atom. The summed E-state index contributed by atoms with van der Waals surface area (Å²) in [5.74, 6) is -2.49. The second-order valence-electron chi connectivity index (χ2n) is 7.49. The SMILES string of the molecule is CC1(C)C(=O)N(c2ccc(C#N)c(C(F)(F)F)c2)C(=S)N1c1ccc(C(=O)NCO)c(F)c1. The highest BCUT2D eigenvalue weighted by atomic mass is 32.1. The number of carbonyl (C=O) groups is 2. The summed E-state index contributed by atoms with van der Waals surface area (Å²) in [6.07, 6.45) is -4.84. The molecule has 2 N–H and O–H groups in total. The van der Waals surface area contributed by atoms with E-state index in [1.165, 1.54) is 36.9 Å². The molecule has 33 heavy (non-hydrogen) atoms. The van der Waals surface area contributed by atoms with Crippen LogP contribution in [0.5, 0.6) is 0 Å². The van der Waals surface area contributed by atoms with Crippen LogP contribution < -0.4 is 15.1 Å². The van der Waals surface area contributed by atoms with Gasteiger partial charge in [-0.2, -0.15) is 18.4 Å². The van der Waals surface area contributed by atoms with Gasteiger partial charge in [-0.25, -0.2) is 4.39 Å². The number of aliphatic hydroxyl groups excluding tert-OH is 1. The lowest BCUT2D eigenvalue weighted by molar-refractivity contribution is -0.137. The highest BCUT2D eigenvalue weighted by molar-refractivity contribution is 7.81. The predicted octanol–water partition coefficient (Wildman–Crippen LogP) is 3.31. The summed E-state index contributed by atoms with van der Waals surface area (Å²) in [6.45, 7) is 2.22. The molecule has 0 aromatic heterocycles. The second-order valence-corrected chi connectivity index (χ2v) is 7.85. The van der Waals surface area contributed by atoms with Gasteiger partial charge in [0.1, 0.15) is 18.1 Å². The fourth-order valence-electron chi connectivity index (χ4n) is 3.45. The fourth-order valence-corrected chi connectivity index (χ4v) is 3.98. The van der Waals surface area contributed by atoms with Crippen molar-refractivity contribution in [2.24, 2.45) is 0 Å². The van der Waals surface area contributed by atoms with Crippen LogP contribution in [-0.2, 0) is 11.0 Å². The summed E-state index contributed by atoms with van der Waals surface area (Å²) in [5, 5.41) is 19.6. The molecule has 1 heterocycles. The van der Waals surface area contributed by atoms with Gasteiger partial charge in [0.05, 0.1) is 28.4 Å². The molecule has 172 valence electrons. The summed E-state index contributed by atoms with van der Waals surface area (Å²) < 4.78 is 54.8. The number of thiocarbonyl (C=S) groups is 1. The quantitative estimate of drug-likeness (QED) is 0.396. The van der Waals surface area contributed by atoms with Gasteiger partial charge in [0.2, 0.25) is 0 Å². The van der Waals surface area contributed by atoms with Crippen LogP contribution in [0.4, 0.5) is 28.9 Å². The van der Waals surface area contributed by atoms with Crippen LogP contribution >= 0.6 is 12.2 Å². The van der Waals surface area contributed by atoms with Crippen LogP contribution in [0, 0.1) is 17.1 Å². The molecule has 1 aliphatic rings. The van der Waals surface area contributed by atoms with E-state index in [9.17, 15) is 27.2 Å². The van der Waals surface area contributed by atoms with Crippen LogP contribution in [0.3, 0.4) is 0 Å². The van der Waals surface area contributed by atoms with Crippen LogP contribution in [0.2, 0.25) is 0 Å². The average molecular weight is 480 g/mol. The summed E-state index contributed by atoms with van der Waals surface area (Å²) in [7, 11) is 0. The second kappa shape index (κ2) is 8.42. The minimum atomic E-state index is -4.84. The van der Waals surface area contributed by atoms with Crippen LogP contribution in [0.25, 0.3) is 0 Å². The predicted molar refractivity (Wildman–Crippen MR) is 114 cm³/mol. The molecule has 2 aromatic carbocycles. The minimum absolute atomic E-state index is 0.0867. The van der Waals surface area contributed by atoms with E-state index in [0.29, 0.717) is 6.07 Å². The third-order valence-electron chi connectivity index (χ3n) is 5.05. The lowest BCUT2D eigenvalue weighted by Gasteiger charge is -2.29. The van der Waals surface area contributed by atoms with Crippen LogP contribution in [0.15, 0.2) is 36.4 Å². The highest BCUT2D eigenvalue weighted by Gasteiger charge is 2.50. The Balaban J connectivity index is 2.07. The smallest absolute Gasteiger partial charge is 0.376 e. The van der Waals surface area contributed by atoms with Crippen molar-refractivity contribution >= 4 is 40.5 Å². The van der Waals surface area contributed by atoms with E-state index in [4.69, 9.17) is 22.6 Å². The lowest BCUT2D eigenvalue weighted by atomic mass is 10.0. The zero-order chi connectivity index (χ0) is 24.7. The van der Waals surface area contributed by atoms with Crippen molar-refractivity contribution in [3.63, 3.8) is 0 Å². The van der Waals surface area contributed by atoms with E-state index in [1.54, 1.807) is 0 Å². The molecule has 2 aromatic rings. The molecule has 0 bridgehead atoms. The number of nitriles is 1. The molecular weight excluding hydrogens is 464 g/mol. The summed E-state index contributed by atoms with van der Waals surface area (Å²) in [4.78, 5) is 27.1. The number of aliphatic hydroxyl groups is 1. The monoisotopic (exact) mass is 480 g/mol. The Morgan fingerprint density at radius 2 is 1.85 bits per heavy atom. The number of alkyl halides is 3. The van der Waals surface area contributed by atoms with E-state index in [2.05, 4.69) is 0 Å². The van der Waals surface area contributed by atoms with Gasteiger partial charge >= 0.3 is 6.18 Å². The first kappa shape index (κ1) is 24.1. The van der Waals surface area contributed by atoms with Crippen molar-refractivity contribution in [2.45, 2.75) is 25.6 Å². The number of carbonyl (C=O) groups excluding carboxylic acids is 2. The number of amides is 2. The van der Waals surface area contributed by atoms with Crippen molar-refractivity contribution in [1.82, 2.24) is 5.32 Å². The van der Waals surface area contributed by atoms with Crippen molar-refractivity contribution in [3.05, 3.63) is 58.9 Å². The maximum atomic E-state index is 14.6. The Labute approximate surface area is 190 Å². The Hall–Kier alpha value is -3.56. The summed E-state index contributed by atoms with van der Waals surface area (Å²) in [6, 6.07) is 7.64. The number of hydrogen-bond acceptors (Lipinski definition) is 5. The molecule has 7 nitrogen and oxygen atoms in total. The minimum Gasteiger partial charge on any atom is -0.376 e. The summed E-state index contributed by atoms with van der Waals surface area (Å²) in [5.41, 5.74) is -3.72. The lowest BCUT2D eigenvalue weighted by Crippen LogP contribution is -2.44. The molecule has 1 fully saturated rings.